The molecular weight excluding hydrogens is 238 g/mol. The Kier molecular flexibility index (Phi) is 3.63. The van der Waals surface area contributed by atoms with Crippen LogP contribution in [0.3, 0.4) is 0 Å². The third kappa shape index (κ3) is 3.02. The molecule has 2 aliphatic rings. The minimum atomic E-state index is 0.289. The van der Waals surface area contributed by atoms with Gasteiger partial charge in [-0.05, 0) is 43.7 Å². The van der Waals surface area contributed by atoms with Crippen molar-refractivity contribution in [1.29, 1.82) is 0 Å². The van der Waals surface area contributed by atoms with Crippen LogP contribution in [-0.2, 0) is 11.2 Å². The molecule has 0 spiro atoms. The molecule has 0 N–H and O–H groups in total. The Labute approximate surface area is 115 Å². The van der Waals surface area contributed by atoms with Crippen molar-refractivity contribution < 1.29 is 9.21 Å². The summed E-state index contributed by atoms with van der Waals surface area (Å²) in [6.07, 6.45) is 6.18. The summed E-state index contributed by atoms with van der Waals surface area (Å²) in [5.74, 6) is 3.78. The molecular formula is C16H23NO2. The van der Waals surface area contributed by atoms with Gasteiger partial charge in [-0.1, -0.05) is 6.92 Å². The Morgan fingerprint density at radius 1 is 1.32 bits per heavy atom. The van der Waals surface area contributed by atoms with Crippen molar-refractivity contribution in [1.82, 2.24) is 4.90 Å². The number of rotatable bonds is 4. The fraction of sp³-hybridized carbons (Fsp3) is 0.688. The molecule has 1 aliphatic carbocycles. The van der Waals surface area contributed by atoms with Crippen LogP contribution in [0.2, 0.25) is 0 Å². The second-order valence-electron chi connectivity index (χ2n) is 6.07. The van der Waals surface area contributed by atoms with Gasteiger partial charge in [-0.3, -0.25) is 4.79 Å². The molecule has 2 atom stereocenters. The van der Waals surface area contributed by atoms with Crippen LogP contribution in [0.15, 0.2) is 16.5 Å². The van der Waals surface area contributed by atoms with Crippen molar-refractivity contribution in [2.75, 3.05) is 13.1 Å². The molecule has 1 aliphatic heterocycles. The van der Waals surface area contributed by atoms with Gasteiger partial charge in [0, 0.05) is 31.8 Å². The number of piperidine rings is 1. The Hall–Kier alpha value is -1.25. The third-order valence-electron chi connectivity index (χ3n) is 4.45. The molecule has 0 radical (unpaired) electrons. The minimum Gasteiger partial charge on any atom is -0.466 e. The highest BCUT2D eigenvalue weighted by molar-refractivity contribution is 5.76. The predicted molar refractivity (Wildman–Crippen MR) is 74.0 cm³/mol. The Morgan fingerprint density at radius 3 is 2.74 bits per heavy atom. The predicted octanol–water partition coefficient (Wildman–Crippen LogP) is 3.35. The normalized spacial score (nSPS) is 26.5. The molecule has 1 aromatic rings. The van der Waals surface area contributed by atoms with E-state index in [1.54, 1.807) is 0 Å². The van der Waals surface area contributed by atoms with Crippen LogP contribution in [0.25, 0.3) is 0 Å². The Bertz CT molecular complexity index is 445. The van der Waals surface area contributed by atoms with Crippen LogP contribution in [0.4, 0.5) is 0 Å². The second-order valence-corrected chi connectivity index (χ2v) is 6.07. The third-order valence-corrected chi connectivity index (χ3v) is 4.45. The summed E-state index contributed by atoms with van der Waals surface area (Å²) in [7, 11) is 0. The fourth-order valence-electron chi connectivity index (χ4n) is 2.98. The molecule has 104 valence electrons. The van der Waals surface area contributed by atoms with Crippen molar-refractivity contribution in [3.8, 4) is 0 Å². The van der Waals surface area contributed by atoms with Gasteiger partial charge in [0.15, 0.2) is 0 Å². The first-order valence-corrected chi connectivity index (χ1v) is 7.60. The van der Waals surface area contributed by atoms with E-state index in [4.69, 9.17) is 4.42 Å². The summed E-state index contributed by atoms with van der Waals surface area (Å²) in [6, 6.07) is 4.14. The minimum absolute atomic E-state index is 0.289. The highest BCUT2D eigenvalue weighted by Crippen LogP contribution is 2.47. The molecule has 0 bridgehead atoms. The van der Waals surface area contributed by atoms with E-state index in [0.29, 0.717) is 12.3 Å². The van der Waals surface area contributed by atoms with Crippen molar-refractivity contribution in [2.45, 2.75) is 51.4 Å². The molecule has 3 heteroatoms. The first-order valence-electron chi connectivity index (χ1n) is 7.60. The monoisotopic (exact) mass is 261 g/mol. The standard InChI is InChI=1S/C16H23NO2/c1-12-11-14(12)15-7-5-13(19-15)6-8-16(18)17-9-3-2-4-10-17/h5,7,12,14H,2-4,6,8-11H2,1H3/t12-,14-/m0/s1. The number of carbonyl (C=O) groups is 1. The van der Waals surface area contributed by atoms with E-state index < -0.39 is 0 Å². The van der Waals surface area contributed by atoms with Crippen LogP contribution in [0.1, 0.15) is 56.5 Å². The molecule has 1 amide bonds. The van der Waals surface area contributed by atoms with Crippen LogP contribution >= 0.6 is 0 Å². The Morgan fingerprint density at radius 2 is 2.05 bits per heavy atom. The molecule has 2 heterocycles. The van der Waals surface area contributed by atoms with E-state index in [9.17, 15) is 4.79 Å². The zero-order valence-electron chi connectivity index (χ0n) is 11.7. The topological polar surface area (TPSA) is 33.5 Å². The maximum atomic E-state index is 12.1. The van der Waals surface area contributed by atoms with Gasteiger partial charge in [0.25, 0.3) is 0 Å². The molecule has 3 rings (SSSR count). The van der Waals surface area contributed by atoms with Crippen LogP contribution in [-0.4, -0.2) is 23.9 Å². The van der Waals surface area contributed by atoms with E-state index in [0.717, 1.165) is 49.8 Å². The SMILES string of the molecule is C[C@H]1C[C@@H]1c1ccc(CCC(=O)N2CCCCC2)o1. The number of amides is 1. The van der Waals surface area contributed by atoms with Crippen LogP contribution in [0, 0.1) is 5.92 Å². The van der Waals surface area contributed by atoms with E-state index in [-0.39, 0.29) is 5.91 Å². The van der Waals surface area contributed by atoms with E-state index in [1.165, 1.54) is 12.8 Å². The summed E-state index contributed by atoms with van der Waals surface area (Å²) in [6.45, 7) is 4.15. The molecule has 1 saturated carbocycles. The Balaban J connectivity index is 1.48. The number of hydrogen-bond donors (Lipinski definition) is 0. The highest BCUT2D eigenvalue weighted by atomic mass is 16.3. The fourth-order valence-corrected chi connectivity index (χ4v) is 2.98. The zero-order valence-corrected chi connectivity index (χ0v) is 11.7. The number of aryl methyl sites for hydroxylation is 1. The summed E-state index contributed by atoms with van der Waals surface area (Å²) in [4.78, 5) is 14.1. The van der Waals surface area contributed by atoms with Crippen LogP contribution in [0.5, 0.6) is 0 Å². The maximum absolute atomic E-state index is 12.1. The van der Waals surface area contributed by atoms with Gasteiger partial charge in [0.2, 0.25) is 5.91 Å². The van der Waals surface area contributed by atoms with Crippen molar-refractivity contribution >= 4 is 5.91 Å². The summed E-state index contributed by atoms with van der Waals surface area (Å²) >= 11 is 0. The molecule has 19 heavy (non-hydrogen) atoms. The summed E-state index contributed by atoms with van der Waals surface area (Å²) in [5, 5.41) is 0. The van der Waals surface area contributed by atoms with E-state index in [1.807, 2.05) is 11.0 Å². The molecule has 1 aromatic heterocycles. The molecule has 3 nitrogen and oxygen atoms in total. The smallest absolute Gasteiger partial charge is 0.223 e. The lowest BCUT2D eigenvalue weighted by molar-refractivity contribution is -0.132. The summed E-state index contributed by atoms with van der Waals surface area (Å²) < 4.78 is 5.84. The number of furan rings is 1. The quantitative estimate of drug-likeness (QED) is 0.832. The van der Waals surface area contributed by atoms with Crippen LogP contribution < -0.4 is 0 Å². The lowest BCUT2D eigenvalue weighted by Gasteiger charge is -2.26. The van der Waals surface area contributed by atoms with Gasteiger partial charge in [0.1, 0.15) is 11.5 Å². The largest absolute Gasteiger partial charge is 0.466 e. The zero-order chi connectivity index (χ0) is 13.2. The van der Waals surface area contributed by atoms with E-state index in [2.05, 4.69) is 13.0 Å². The number of hydrogen-bond acceptors (Lipinski definition) is 2. The van der Waals surface area contributed by atoms with Gasteiger partial charge < -0.3 is 9.32 Å². The molecule has 0 unspecified atom stereocenters. The van der Waals surface area contributed by atoms with Gasteiger partial charge in [-0.15, -0.1) is 0 Å². The molecule has 2 fully saturated rings. The van der Waals surface area contributed by atoms with Crippen molar-refractivity contribution in [3.05, 3.63) is 23.7 Å². The second kappa shape index (κ2) is 5.40. The number of nitrogens with zero attached hydrogens (tertiary/aromatic N) is 1. The summed E-state index contributed by atoms with van der Waals surface area (Å²) in [5.41, 5.74) is 0. The van der Waals surface area contributed by atoms with Crippen molar-refractivity contribution in [2.24, 2.45) is 5.92 Å². The van der Waals surface area contributed by atoms with Gasteiger partial charge in [-0.25, -0.2) is 0 Å². The number of likely N-dealkylation sites (tertiary alicyclic amines) is 1. The van der Waals surface area contributed by atoms with Gasteiger partial charge >= 0.3 is 0 Å². The lowest BCUT2D eigenvalue weighted by Crippen LogP contribution is -2.35. The average Bonchev–Trinajstić information content (AvgIpc) is 3.00. The highest BCUT2D eigenvalue weighted by Gasteiger charge is 2.36. The molecule has 0 aromatic carbocycles. The van der Waals surface area contributed by atoms with Gasteiger partial charge in [-0.2, -0.15) is 0 Å². The van der Waals surface area contributed by atoms with Gasteiger partial charge in [0.05, 0.1) is 0 Å². The first-order chi connectivity index (χ1) is 9.24. The van der Waals surface area contributed by atoms with E-state index >= 15 is 0 Å². The first kappa shape index (κ1) is 12.8. The molecule has 1 saturated heterocycles. The number of carbonyl (C=O) groups excluding carboxylic acids is 1. The maximum Gasteiger partial charge on any atom is 0.223 e. The lowest BCUT2D eigenvalue weighted by atomic mass is 10.1. The van der Waals surface area contributed by atoms with Crippen molar-refractivity contribution in [3.63, 3.8) is 0 Å². The average molecular weight is 261 g/mol.